The second-order valence-corrected chi connectivity index (χ2v) is 6.34. The van der Waals surface area contributed by atoms with E-state index in [1.165, 1.54) is 0 Å². The van der Waals surface area contributed by atoms with Gasteiger partial charge in [-0.1, -0.05) is 19.9 Å². The van der Waals surface area contributed by atoms with Crippen molar-refractivity contribution >= 4 is 11.6 Å². The second kappa shape index (κ2) is 9.11. The van der Waals surface area contributed by atoms with Crippen LogP contribution in [0.2, 0.25) is 0 Å². The monoisotopic (exact) mass is 344 g/mol. The third kappa shape index (κ3) is 5.81. The molecule has 0 unspecified atom stereocenters. The molecule has 0 aliphatic heterocycles. The van der Waals surface area contributed by atoms with Crippen LogP contribution in [0.15, 0.2) is 24.3 Å². The minimum absolute atomic E-state index is 0.641. The number of benzene rings is 1. The molecule has 0 amide bonds. The van der Waals surface area contributed by atoms with Crippen LogP contribution in [0.1, 0.15) is 31.7 Å². The number of hydrogen-bond acceptors (Lipinski definition) is 6. The number of ether oxygens (including phenoxy) is 2. The molecule has 0 saturated carbocycles. The summed E-state index contributed by atoms with van der Waals surface area (Å²) >= 11 is 0. The quantitative estimate of drug-likeness (QED) is 0.720. The zero-order valence-electron chi connectivity index (χ0n) is 15.7. The lowest BCUT2D eigenvalue weighted by Gasteiger charge is -2.12. The standard InChI is InChI=1S/C19H28N4O2/c1-13(2)8-9-20-18-11-19(23-14(3)22-18)21-12-15-6-7-16(24-4)17(10-15)25-5/h6-7,10-11,13H,8-9,12H2,1-5H3,(H2,20,21,22,23). The van der Waals surface area contributed by atoms with Gasteiger partial charge in [0.15, 0.2) is 11.5 Å². The molecule has 0 spiro atoms. The first kappa shape index (κ1) is 18.8. The van der Waals surface area contributed by atoms with Gasteiger partial charge in [0.25, 0.3) is 0 Å². The number of aryl methyl sites for hydroxylation is 1. The van der Waals surface area contributed by atoms with Crippen molar-refractivity contribution in [3.8, 4) is 11.5 Å². The van der Waals surface area contributed by atoms with Crippen LogP contribution in [-0.2, 0) is 6.54 Å². The molecule has 0 saturated heterocycles. The second-order valence-electron chi connectivity index (χ2n) is 6.34. The van der Waals surface area contributed by atoms with E-state index in [1.54, 1.807) is 14.2 Å². The summed E-state index contributed by atoms with van der Waals surface area (Å²) in [4.78, 5) is 8.89. The Morgan fingerprint density at radius 1 is 0.960 bits per heavy atom. The molecule has 1 aromatic carbocycles. The van der Waals surface area contributed by atoms with E-state index in [-0.39, 0.29) is 0 Å². The number of rotatable bonds is 9. The number of methoxy groups -OCH3 is 2. The zero-order chi connectivity index (χ0) is 18.2. The highest BCUT2D eigenvalue weighted by atomic mass is 16.5. The van der Waals surface area contributed by atoms with Crippen molar-refractivity contribution in [1.29, 1.82) is 0 Å². The fraction of sp³-hybridized carbons (Fsp3) is 0.474. The molecule has 2 N–H and O–H groups in total. The van der Waals surface area contributed by atoms with Gasteiger partial charge in [0, 0.05) is 19.2 Å². The molecule has 136 valence electrons. The zero-order valence-corrected chi connectivity index (χ0v) is 15.7. The van der Waals surface area contributed by atoms with Crippen molar-refractivity contribution in [2.45, 2.75) is 33.7 Å². The lowest BCUT2D eigenvalue weighted by molar-refractivity contribution is 0.354. The minimum atomic E-state index is 0.641. The molecule has 6 nitrogen and oxygen atoms in total. The highest BCUT2D eigenvalue weighted by Gasteiger charge is 2.06. The fourth-order valence-corrected chi connectivity index (χ4v) is 2.42. The van der Waals surface area contributed by atoms with Gasteiger partial charge in [0.05, 0.1) is 14.2 Å². The lowest BCUT2D eigenvalue weighted by Crippen LogP contribution is -2.09. The maximum atomic E-state index is 5.34. The largest absolute Gasteiger partial charge is 0.493 e. The van der Waals surface area contributed by atoms with Crippen molar-refractivity contribution in [2.75, 3.05) is 31.4 Å². The first-order chi connectivity index (χ1) is 12.0. The molecule has 0 aliphatic rings. The van der Waals surface area contributed by atoms with Gasteiger partial charge in [-0.2, -0.15) is 0 Å². The van der Waals surface area contributed by atoms with E-state index in [1.807, 2.05) is 31.2 Å². The predicted octanol–water partition coefficient (Wildman–Crippen LogP) is 3.87. The Balaban J connectivity index is 2.01. The Morgan fingerprint density at radius 2 is 1.64 bits per heavy atom. The maximum Gasteiger partial charge on any atom is 0.161 e. The molecule has 0 aliphatic carbocycles. The van der Waals surface area contributed by atoms with E-state index in [2.05, 4.69) is 34.4 Å². The topological polar surface area (TPSA) is 68.3 Å². The Labute approximate surface area is 150 Å². The molecule has 2 aromatic rings. The summed E-state index contributed by atoms with van der Waals surface area (Å²) in [6, 6.07) is 7.81. The third-order valence-electron chi connectivity index (χ3n) is 3.79. The molecule has 0 fully saturated rings. The van der Waals surface area contributed by atoms with Crippen molar-refractivity contribution in [1.82, 2.24) is 9.97 Å². The van der Waals surface area contributed by atoms with Gasteiger partial charge in [-0.15, -0.1) is 0 Å². The highest BCUT2D eigenvalue weighted by molar-refractivity contribution is 5.49. The number of nitrogens with one attached hydrogen (secondary N) is 2. The first-order valence-electron chi connectivity index (χ1n) is 8.56. The average Bonchev–Trinajstić information content (AvgIpc) is 2.59. The average molecular weight is 344 g/mol. The highest BCUT2D eigenvalue weighted by Crippen LogP contribution is 2.27. The van der Waals surface area contributed by atoms with E-state index in [9.17, 15) is 0 Å². The number of hydrogen-bond donors (Lipinski definition) is 2. The molecule has 0 radical (unpaired) electrons. The van der Waals surface area contributed by atoms with Crippen LogP contribution in [0.25, 0.3) is 0 Å². The molecule has 1 aromatic heterocycles. The van der Waals surface area contributed by atoms with Crippen LogP contribution < -0.4 is 20.1 Å². The Kier molecular flexibility index (Phi) is 6.86. The van der Waals surface area contributed by atoms with E-state index in [4.69, 9.17) is 9.47 Å². The number of aromatic nitrogens is 2. The summed E-state index contributed by atoms with van der Waals surface area (Å²) in [5.74, 6) is 4.50. The van der Waals surface area contributed by atoms with Gasteiger partial charge in [0.2, 0.25) is 0 Å². The molecule has 0 bridgehead atoms. The van der Waals surface area contributed by atoms with Gasteiger partial charge in [0.1, 0.15) is 17.5 Å². The van der Waals surface area contributed by atoms with E-state index >= 15 is 0 Å². The van der Waals surface area contributed by atoms with Gasteiger partial charge >= 0.3 is 0 Å². The Hall–Kier alpha value is -2.50. The molecule has 0 atom stereocenters. The number of nitrogens with zero attached hydrogens (tertiary/aromatic N) is 2. The van der Waals surface area contributed by atoms with Crippen molar-refractivity contribution in [2.24, 2.45) is 5.92 Å². The summed E-state index contributed by atoms with van der Waals surface area (Å²) in [5.41, 5.74) is 1.09. The molecule has 1 heterocycles. The minimum Gasteiger partial charge on any atom is -0.493 e. The van der Waals surface area contributed by atoms with Gasteiger partial charge < -0.3 is 20.1 Å². The van der Waals surface area contributed by atoms with Crippen LogP contribution in [-0.4, -0.2) is 30.7 Å². The fourth-order valence-electron chi connectivity index (χ4n) is 2.42. The van der Waals surface area contributed by atoms with Crippen molar-refractivity contribution in [3.63, 3.8) is 0 Å². The molecular formula is C19H28N4O2. The van der Waals surface area contributed by atoms with Crippen LogP contribution in [0.4, 0.5) is 11.6 Å². The first-order valence-corrected chi connectivity index (χ1v) is 8.56. The maximum absolute atomic E-state index is 5.34. The van der Waals surface area contributed by atoms with Crippen LogP contribution in [0, 0.1) is 12.8 Å². The smallest absolute Gasteiger partial charge is 0.161 e. The Bertz CT molecular complexity index is 689. The molecular weight excluding hydrogens is 316 g/mol. The van der Waals surface area contributed by atoms with Gasteiger partial charge in [-0.3, -0.25) is 0 Å². The summed E-state index contributed by atoms with van der Waals surface area (Å²) < 4.78 is 10.6. The predicted molar refractivity (Wildman–Crippen MR) is 102 cm³/mol. The third-order valence-corrected chi connectivity index (χ3v) is 3.79. The summed E-state index contributed by atoms with van der Waals surface area (Å²) in [6.07, 6.45) is 1.11. The van der Waals surface area contributed by atoms with Crippen LogP contribution in [0.5, 0.6) is 11.5 Å². The number of anilines is 2. The summed E-state index contributed by atoms with van der Waals surface area (Å²) in [6.45, 7) is 7.87. The van der Waals surface area contributed by atoms with Crippen LogP contribution in [0.3, 0.4) is 0 Å². The molecule has 25 heavy (non-hydrogen) atoms. The van der Waals surface area contributed by atoms with E-state index in [0.29, 0.717) is 12.5 Å². The summed E-state index contributed by atoms with van der Waals surface area (Å²) in [7, 11) is 3.27. The Morgan fingerprint density at radius 3 is 2.28 bits per heavy atom. The SMILES string of the molecule is COc1ccc(CNc2cc(NCCC(C)C)nc(C)n2)cc1OC. The molecule has 2 rings (SSSR count). The normalized spacial score (nSPS) is 10.6. The van der Waals surface area contributed by atoms with Crippen molar-refractivity contribution < 1.29 is 9.47 Å². The van der Waals surface area contributed by atoms with Gasteiger partial charge in [-0.25, -0.2) is 9.97 Å². The van der Waals surface area contributed by atoms with E-state index < -0.39 is 0 Å². The lowest BCUT2D eigenvalue weighted by atomic mass is 10.1. The summed E-state index contributed by atoms with van der Waals surface area (Å²) in [5, 5.41) is 6.70. The molecule has 6 heteroatoms. The van der Waals surface area contributed by atoms with Crippen molar-refractivity contribution in [3.05, 3.63) is 35.7 Å². The van der Waals surface area contributed by atoms with Crippen LogP contribution >= 0.6 is 0 Å². The van der Waals surface area contributed by atoms with E-state index in [0.717, 1.165) is 47.5 Å². The van der Waals surface area contributed by atoms with Gasteiger partial charge in [-0.05, 0) is 37.0 Å².